The molecule has 0 amide bonds. The van der Waals surface area contributed by atoms with Gasteiger partial charge in [0.25, 0.3) is 0 Å². The fourth-order valence-corrected chi connectivity index (χ4v) is 3.47. The normalized spacial score (nSPS) is 11.5. The van der Waals surface area contributed by atoms with Crippen LogP contribution in [0.4, 0.5) is 0 Å². The molecule has 6 nitrogen and oxygen atoms in total. The van der Waals surface area contributed by atoms with Gasteiger partial charge >= 0.3 is 0 Å². The van der Waals surface area contributed by atoms with E-state index in [4.69, 9.17) is 9.47 Å². The van der Waals surface area contributed by atoms with Crippen molar-refractivity contribution in [3.63, 3.8) is 0 Å². The fourth-order valence-electron chi connectivity index (χ4n) is 2.15. The zero-order chi connectivity index (χ0) is 16.9. The highest BCUT2D eigenvalue weighted by Gasteiger charge is 2.10. The van der Waals surface area contributed by atoms with E-state index in [2.05, 4.69) is 22.2 Å². The molecule has 0 bridgehead atoms. The molecule has 8 heteroatoms. The Kier molecular flexibility index (Phi) is 5.37. The van der Waals surface area contributed by atoms with Gasteiger partial charge in [-0.1, -0.05) is 30.4 Å². The van der Waals surface area contributed by atoms with Crippen LogP contribution in [0.3, 0.4) is 0 Å². The minimum atomic E-state index is 0.705. The van der Waals surface area contributed by atoms with Gasteiger partial charge < -0.3 is 9.47 Å². The zero-order valence-electron chi connectivity index (χ0n) is 13.7. The summed E-state index contributed by atoms with van der Waals surface area (Å²) in [6, 6.07) is 5.79. The van der Waals surface area contributed by atoms with Gasteiger partial charge in [-0.25, -0.2) is 0 Å². The van der Waals surface area contributed by atoms with Crippen LogP contribution < -0.4 is 9.47 Å². The second kappa shape index (κ2) is 7.67. The van der Waals surface area contributed by atoms with Gasteiger partial charge in [-0.15, -0.1) is 10.2 Å². The average Bonchev–Trinajstić information content (AvgIpc) is 3.18. The Morgan fingerprint density at radius 2 is 2.00 bits per heavy atom. The summed E-state index contributed by atoms with van der Waals surface area (Å²) >= 11 is 3.32. The van der Waals surface area contributed by atoms with Crippen LogP contribution in [0.15, 0.2) is 18.2 Å². The highest BCUT2D eigenvalue weighted by molar-refractivity contribution is 7.98. The second-order valence-corrected chi connectivity index (χ2v) is 7.10. The van der Waals surface area contributed by atoms with Crippen molar-refractivity contribution in [3.8, 4) is 11.5 Å². The number of ether oxygens (including phenoxy) is 2. The summed E-state index contributed by atoms with van der Waals surface area (Å²) in [6.45, 7) is 2.13. The molecule has 0 radical (unpaired) electrons. The summed E-state index contributed by atoms with van der Waals surface area (Å²) in [7, 11) is 3.26. The molecule has 0 spiro atoms. The molecule has 0 aliphatic carbocycles. The molecule has 0 unspecified atom stereocenters. The number of methoxy groups -OCH3 is 2. The van der Waals surface area contributed by atoms with E-state index in [9.17, 15) is 0 Å². The van der Waals surface area contributed by atoms with E-state index in [1.54, 1.807) is 26.0 Å². The van der Waals surface area contributed by atoms with Gasteiger partial charge in [-0.2, -0.15) is 21.4 Å². The summed E-state index contributed by atoms with van der Waals surface area (Å²) in [6.07, 6.45) is 3.96. The van der Waals surface area contributed by atoms with Crippen LogP contribution in [0.2, 0.25) is 0 Å². The quantitative estimate of drug-likeness (QED) is 0.640. The van der Waals surface area contributed by atoms with Crippen molar-refractivity contribution >= 4 is 40.2 Å². The molecule has 2 aromatic heterocycles. The number of benzene rings is 1. The van der Waals surface area contributed by atoms with E-state index in [0.717, 1.165) is 32.9 Å². The van der Waals surface area contributed by atoms with Gasteiger partial charge in [-0.05, 0) is 29.5 Å². The molecule has 0 saturated heterocycles. The minimum absolute atomic E-state index is 0.705. The molecular weight excluding hydrogens is 344 g/mol. The summed E-state index contributed by atoms with van der Waals surface area (Å²) in [5, 5.41) is 13.8. The monoisotopic (exact) mass is 362 g/mol. The summed E-state index contributed by atoms with van der Waals surface area (Å²) in [4.78, 5) is 0.814. The minimum Gasteiger partial charge on any atom is -0.493 e. The molecule has 126 valence electrons. The van der Waals surface area contributed by atoms with Crippen LogP contribution in [0, 0.1) is 0 Å². The molecule has 0 aliphatic rings. The third kappa shape index (κ3) is 3.54. The maximum absolute atomic E-state index is 5.32. The molecule has 0 atom stereocenters. The van der Waals surface area contributed by atoms with E-state index >= 15 is 0 Å². The van der Waals surface area contributed by atoms with E-state index < -0.39 is 0 Å². The Hall–Kier alpha value is -2.06. The maximum Gasteiger partial charge on any atom is 0.234 e. The van der Waals surface area contributed by atoms with Crippen molar-refractivity contribution in [1.29, 1.82) is 0 Å². The number of thioether (sulfide) groups is 1. The first kappa shape index (κ1) is 16.8. The molecule has 0 N–H and O–H groups in total. The van der Waals surface area contributed by atoms with Crippen LogP contribution in [-0.2, 0) is 5.75 Å². The topological polar surface area (TPSA) is 61.5 Å². The predicted octanol–water partition coefficient (Wildman–Crippen LogP) is 3.63. The van der Waals surface area contributed by atoms with E-state index in [1.165, 1.54) is 11.3 Å². The van der Waals surface area contributed by atoms with Crippen molar-refractivity contribution < 1.29 is 9.47 Å². The lowest BCUT2D eigenvalue weighted by Crippen LogP contribution is -1.94. The number of hydrogen-bond donors (Lipinski definition) is 0. The van der Waals surface area contributed by atoms with Crippen molar-refractivity contribution in [1.82, 2.24) is 19.8 Å². The van der Waals surface area contributed by atoms with Crippen molar-refractivity contribution in [2.75, 3.05) is 20.0 Å². The molecule has 3 aromatic rings. The number of hydrogen-bond acceptors (Lipinski definition) is 7. The Balaban J connectivity index is 1.81. The number of aromatic nitrogens is 4. The summed E-state index contributed by atoms with van der Waals surface area (Å²) < 4.78 is 12.4. The molecule has 24 heavy (non-hydrogen) atoms. The van der Waals surface area contributed by atoms with Crippen LogP contribution in [0.25, 0.3) is 17.1 Å². The van der Waals surface area contributed by atoms with Crippen LogP contribution >= 0.6 is 23.1 Å². The lowest BCUT2D eigenvalue weighted by Gasteiger charge is -2.07. The Morgan fingerprint density at radius 1 is 1.17 bits per heavy atom. The third-order valence-electron chi connectivity index (χ3n) is 3.33. The lowest BCUT2D eigenvalue weighted by atomic mass is 10.2. The van der Waals surface area contributed by atoms with E-state index in [-0.39, 0.29) is 0 Å². The molecule has 0 saturated carbocycles. The first-order valence-electron chi connectivity index (χ1n) is 7.44. The standard InChI is InChI=1S/C16H18N4O2S2/c1-4-23-10-14-17-18-16-20(14)19-15(24-16)8-6-11-5-7-12(21-2)13(9-11)22-3/h5-9H,4,10H2,1-3H3. The maximum atomic E-state index is 5.32. The molecule has 0 fully saturated rings. The van der Waals surface area contributed by atoms with Gasteiger partial charge in [0.05, 0.1) is 20.0 Å². The predicted molar refractivity (Wildman–Crippen MR) is 99.0 cm³/mol. The van der Waals surface area contributed by atoms with E-state index in [1.807, 2.05) is 34.9 Å². The zero-order valence-corrected chi connectivity index (χ0v) is 15.4. The molecule has 0 aliphatic heterocycles. The number of nitrogens with zero attached hydrogens (tertiary/aromatic N) is 4. The van der Waals surface area contributed by atoms with Crippen LogP contribution in [0.1, 0.15) is 23.3 Å². The van der Waals surface area contributed by atoms with Crippen LogP contribution in [0.5, 0.6) is 11.5 Å². The summed E-state index contributed by atoms with van der Waals surface area (Å²) in [5.41, 5.74) is 1.01. The Morgan fingerprint density at radius 3 is 2.75 bits per heavy atom. The average molecular weight is 362 g/mol. The summed E-state index contributed by atoms with van der Waals surface area (Å²) in [5.74, 6) is 4.17. The van der Waals surface area contributed by atoms with E-state index in [0.29, 0.717) is 11.5 Å². The smallest absolute Gasteiger partial charge is 0.234 e. The lowest BCUT2D eigenvalue weighted by molar-refractivity contribution is 0.355. The first-order valence-corrected chi connectivity index (χ1v) is 9.41. The molecule has 2 heterocycles. The van der Waals surface area contributed by atoms with Crippen molar-refractivity contribution in [2.45, 2.75) is 12.7 Å². The van der Waals surface area contributed by atoms with Gasteiger partial charge in [0.1, 0.15) is 5.01 Å². The van der Waals surface area contributed by atoms with Gasteiger partial charge in [0, 0.05) is 0 Å². The highest BCUT2D eigenvalue weighted by Crippen LogP contribution is 2.28. The molecule has 1 aromatic carbocycles. The largest absolute Gasteiger partial charge is 0.493 e. The number of fused-ring (bicyclic) bond motifs is 1. The second-order valence-electron chi connectivity index (χ2n) is 4.84. The Bertz CT molecular complexity index is 857. The SMILES string of the molecule is CCSCc1nnc2sc(C=Cc3ccc(OC)c(OC)c3)nn12. The van der Waals surface area contributed by atoms with Crippen molar-refractivity contribution in [3.05, 3.63) is 34.6 Å². The van der Waals surface area contributed by atoms with Gasteiger partial charge in [0.15, 0.2) is 17.3 Å². The van der Waals surface area contributed by atoms with Crippen molar-refractivity contribution in [2.24, 2.45) is 0 Å². The fraction of sp³-hybridized carbons (Fsp3) is 0.312. The highest BCUT2D eigenvalue weighted by atomic mass is 32.2. The molecule has 3 rings (SSSR count). The number of rotatable bonds is 7. The Labute approximate surface area is 148 Å². The molecular formula is C16H18N4O2S2. The first-order chi connectivity index (χ1) is 11.7. The van der Waals surface area contributed by atoms with Crippen LogP contribution in [-0.4, -0.2) is 39.8 Å². The third-order valence-corrected chi connectivity index (χ3v) is 5.07. The van der Waals surface area contributed by atoms with Gasteiger partial charge in [-0.3, -0.25) is 0 Å². The van der Waals surface area contributed by atoms with Gasteiger partial charge in [0.2, 0.25) is 4.96 Å².